The van der Waals surface area contributed by atoms with Gasteiger partial charge in [-0.25, -0.2) is 4.98 Å². The van der Waals surface area contributed by atoms with Gasteiger partial charge in [0.05, 0.1) is 23.3 Å². The Kier molecular flexibility index (Phi) is 5.30. The Balaban J connectivity index is 1.96. The van der Waals surface area contributed by atoms with Gasteiger partial charge >= 0.3 is 0 Å². The first-order valence-electron chi connectivity index (χ1n) is 9.77. The minimum absolute atomic E-state index is 0.128. The van der Waals surface area contributed by atoms with Crippen molar-refractivity contribution in [2.24, 2.45) is 5.41 Å². The van der Waals surface area contributed by atoms with Crippen molar-refractivity contribution in [3.05, 3.63) is 23.8 Å². The van der Waals surface area contributed by atoms with Gasteiger partial charge < -0.3 is 9.67 Å². The number of nitrogens with zero attached hydrogens (tertiary/aromatic N) is 2. The van der Waals surface area contributed by atoms with Crippen molar-refractivity contribution in [1.82, 2.24) is 9.55 Å². The zero-order valence-corrected chi connectivity index (χ0v) is 16.7. The molecule has 2 aromatic rings. The van der Waals surface area contributed by atoms with Gasteiger partial charge in [0, 0.05) is 17.9 Å². The number of aromatic nitrogens is 2. The summed E-state index contributed by atoms with van der Waals surface area (Å²) in [5, 5.41) is 13.3. The van der Waals surface area contributed by atoms with E-state index in [1.807, 2.05) is 25.1 Å². The fourth-order valence-corrected chi connectivity index (χ4v) is 3.40. The molecule has 0 spiro atoms. The maximum Gasteiger partial charge on any atom is 0.227 e. The van der Waals surface area contributed by atoms with Crippen LogP contribution in [-0.2, 0) is 10.4 Å². The van der Waals surface area contributed by atoms with Gasteiger partial charge in [0.15, 0.2) is 0 Å². The van der Waals surface area contributed by atoms with Crippen molar-refractivity contribution >= 4 is 22.9 Å². The fraction of sp³-hybridized carbons (Fsp3) is 0.619. The quantitative estimate of drug-likeness (QED) is 0.737. The molecule has 1 aliphatic rings. The zero-order valence-electron chi connectivity index (χ0n) is 16.7. The van der Waals surface area contributed by atoms with Crippen molar-refractivity contribution in [3.63, 3.8) is 0 Å². The number of hydrogen-bond acceptors (Lipinski definition) is 3. The number of halogens is 1. The second-order valence-corrected chi connectivity index (χ2v) is 8.68. The fourth-order valence-electron chi connectivity index (χ4n) is 3.40. The van der Waals surface area contributed by atoms with Crippen LogP contribution in [0.1, 0.15) is 71.4 Å². The number of carbonyl (C=O) groups excluding carboxylic acids is 1. The van der Waals surface area contributed by atoms with Crippen LogP contribution in [0.15, 0.2) is 18.2 Å². The van der Waals surface area contributed by atoms with Crippen molar-refractivity contribution in [2.45, 2.75) is 71.4 Å². The van der Waals surface area contributed by atoms with Gasteiger partial charge in [0.1, 0.15) is 0 Å². The number of imidazole rings is 1. The molecule has 1 atom stereocenters. The molecule has 2 N–H and O–H groups in total. The van der Waals surface area contributed by atoms with Crippen LogP contribution in [0.5, 0.6) is 0 Å². The van der Waals surface area contributed by atoms with Crippen LogP contribution in [0, 0.1) is 5.41 Å². The number of rotatable bonds is 7. The van der Waals surface area contributed by atoms with Gasteiger partial charge in [-0.15, -0.1) is 0 Å². The molecule has 0 bridgehead atoms. The van der Waals surface area contributed by atoms with E-state index in [-0.39, 0.29) is 12.3 Å². The van der Waals surface area contributed by atoms with E-state index in [9.17, 15) is 14.3 Å². The van der Waals surface area contributed by atoms with Crippen LogP contribution >= 0.6 is 0 Å². The van der Waals surface area contributed by atoms with Gasteiger partial charge in [-0.3, -0.25) is 14.5 Å². The highest BCUT2D eigenvalue weighted by Crippen LogP contribution is 2.38. The lowest BCUT2D eigenvalue weighted by Gasteiger charge is -2.30. The van der Waals surface area contributed by atoms with Crippen LogP contribution in [0.2, 0.25) is 0 Å². The molecule has 1 aliphatic carbocycles. The summed E-state index contributed by atoms with van der Waals surface area (Å²) in [5.41, 5.74) is 0.915. The molecule has 1 unspecified atom stereocenters. The molecule has 3 rings (SSSR count). The van der Waals surface area contributed by atoms with E-state index in [1.54, 1.807) is 20.8 Å². The number of amides is 1. The highest BCUT2D eigenvalue weighted by molar-refractivity contribution is 5.92. The minimum atomic E-state index is -0.948. The maximum atomic E-state index is 13.3. The molecule has 5 nitrogen and oxygen atoms in total. The van der Waals surface area contributed by atoms with Crippen LogP contribution in [-0.4, -0.2) is 27.2 Å². The minimum Gasteiger partial charge on any atom is -0.386 e. The molecule has 1 aromatic carbocycles. The Hall–Kier alpha value is -1.95. The molecule has 0 radical (unpaired) electrons. The third kappa shape index (κ3) is 4.00. The number of nitrogens with one attached hydrogen (secondary N) is 1. The Morgan fingerprint density at radius 2 is 2.07 bits per heavy atom. The Morgan fingerprint density at radius 1 is 1.37 bits per heavy atom. The summed E-state index contributed by atoms with van der Waals surface area (Å²) in [6, 6.07) is 5.99. The highest BCUT2D eigenvalue weighted by atomic mass is 19.1. The van der Waals surface area contributed by atoms with Gasteiger partial charge in [-0.1, -0.05) is 19.9 Å². The second kappa shape index (κ2) is 7.23. The molecule has 1 saturated carbocycles. The number of fused-ring (bicyclic) bond motifs is 1. The Labute approximate surface area is 160 Å². The standard InChI is InChI=1S/C21H30FN3O2/c1-5-21(4,13-22)12-18(26)24-19-23-16-10-9-14(20(2,3)27)11-17(16)25(19)15-7-6-8-15/h9-11,15,27H,5-8,12-13H2,1-4H3,(H,23,24,26). The van der Waals surface area contributed by atoms with Gasteiger partial charge in [0.2, 0.25) is 11.9 Å². The molecular weight excluding hydrogens is 345 g/mol. The van der Waals surface area contributed by atoms with E-state index >= 15 is 0 Å². The summed E-state index contributed by atoms with van der Waals surface area (Å²) in [4.78, 5) is 17.2. The van der Waals surface area contributed by atoms with Crippen LogP contribution < -0.4 is 5.32 Å². The SMILES string of the molecule is CCC(C)(CF)CC(=O)Nc1nc2ccc(C(C)(C)O)cc2n1C1CCC1. The van der Waals surface area contributed by atoms with Crippen molar-refractivity contribution in [3.8, 4) is 0 Å². The predicted molar refractivity (Wildman–Crippen MR) is 105 cm³/mol. The van der Waals surface area contributed by atoms with E-state index in [1.165, 1.54) is 0 Å². The highest BCUT2D eigenvalue weighted by Gasteiger charge is 2.29. The van der Waals surface area contributed by atoms with E-state index in [4.69, 9.17) is 0 Å². The average Bonchev–Trinajstić information content (AvgIpc) is 2.89. The molecule has 1 fully saturated rings. The first-order valence-corrected chi connectivity index (χ1v) is 9.77. The van der Waals surface area contributed by atoms with Crippen molar-refractivity contribution in [1.29, 1.82) is 0 Å². The van der Waals surface area contributed by atoms with E-state index in [2.05, 4.69) is 14.9 Å². The number of anilines is 1. The first-order chi connectivity index (χ1) is 12.7. The summed E-state index contributed by atoms with van der Waals surface area (Å²) in [6.07, 6.45) is 3.96. The normalized spacial score (nSPS) is 17.6. The molecule has 0 aliphatic heterocycles. The lowest BCUT2D eigenvalue weighted by atomic mass is 9.85. The number of aliphatic hydroxyl groups is 1. The Morgan fingerprint density at radius 3 is 2.59 bits per heavy atom. The van der Waals surface area contributed by atoms with Crippen molar-refractivity contribution < 1.29 is 14.3 Å². The molecule has 0 saturated heterocycles. The summed E-state index contributed by atoms with van der Waals surface area (Å²) >= 11 is 0. The van der Waals surface area contributed by atoms with Crippen LogP contribution in [0.4, 0.5) is 10.3 Å². The average molecular weight is 375 g/mol. The third-order valence-corrected chi connectivity index (χ3v) is 5.85. The summed E-state index contributed by atoms with van der Waals surface area (Å²) < 4.78 is 15.4. The molecule has 6 heteroatoms. The first kappa shape index (κ1) is 19.8. The third-order valence-electron chi connectivity index (χ3n) is 5.85. The Bertz CT molecular complexity index is 830. The topological polar surface area (TPSA) is 67.2 Å². The summed E-state index contributed by atoms with van der Waals surface area (Å²) in [7, 11) is 0. The van der Waals surface area contributed by atoms with E-state index in [0.29, 0.717) is 18.4 Å². The van der Waals surface area contributed by atoms with Crippen LogP contribution in [0.25, 0.3) is 11.0 Å². The molecule has 1 aromatic heterocycles. The molecule has 148 valence electrons. The summed E-state index contributed by atoms with van der Waals surface area (Å²) in [5.74, 6) is 0.306. The van der Waals surface area contributed by atoms with Crippen LogP contribution in [0.3, 0.4) is 0 Å². The maximum absolute atomic E-state index is 13.3. The zero-order chi connectivity index (χ0) is 19.8. The number of benzene rings is 1. The smallest absolute Gasteiger partial charge is 0.227 e. The van der Waals surface area contributed by atoms with E-state index in [0.717, 1.165) is 35.9 Å². The lowest BCUT2D eigenvalue weighted by Crippen LogP contribution is -2.28. The summed E-state index contributed by atoms with van der Waals surface area (Å²) in [6.45, 7) is 6.67. The molecule has 27 heavy (non-hydrogen) atoms. The second-order valence-electron chi connectivity index (χ2n) is 8.68. The lowest BCUT2D eigenvalue weighted by molar-refractivity contribution is -0.118. The number of carbonyl (C=O) groups is 1. The predicted octanol–water partition coefficient (Wildman–Crippen LogP) is 4.70. The van der Waals surface area contributed by atoms with Gasteiger partial charge in [-0.2, -0.15) is 0 Å². The van der Waals surface area contributed by atoms with E-state index < -0.39 is 17.7 Å². The van der Waals surface area contributed by atoms with Gasteiger partial charge in [0.25, 0.3) is 0 Å². The van der Waals surface area contributed by atoms with Gasteiger partial charge in [-0.05, 0) is 57.2 Å². The number of alkyl halides is 1. The molecule has 1 amide bonds. The largest absolute Gasteiger partial charge is 0.386 e. The van der Waals surface area contributed by atoms with Crippen molar-refractivity contribution in [2.75, 3.05) is 12.0 Å². The molecule has 1 heterocycles. The molecular formula is C21H30FN3O2. The number of hydrogen-bond donors (Lipinski definition) is 2. The monoisotopic (exact) mass is 375 g/mol.